The Morgan fingerprint density at radius 1 is 0.767 bits per heavy atom. The number of aliphatic imine (C=N–C) groups is 2. The maximum atomic E-state index is 13.1. The van der Waals surface area contributed by atoms with E-state index in [-0.39, 0.29) is 17.6 Å². The van der Waals surface area contributed by atoms with E-state index in [1.54, 1.807) is 26.0 Å². The molecule has 0 heterocycles. The second kappa shape index (κ2) is 10.1. The third-order valence-electron chi connectivity index (χ3n) is 5.10. The van der Waals surface area contributed by atoms with Crippen LogP contribution in [0, 0.1) is 0 Å². The molecule has 30 heavy (non-hydrogen) atoms. The monoisotopic (exact) mass is 400 g/mol. The van der Waals surface area contributed by atoms with Crippen LogP contribution in [0.4, 0.5) is 11.4 Å². The zero-order valence-corrected chi connectivity index (χ0v) is 19.0. The lowest BCUT2D eigenvalue weighted by Crippen LogP contribution is -2.19. The molecule has 0 unspecified atom stereocenters. The summed E-state index contributed by atoms with van der Waals surface area (Å²) in [5.41, 5.74) is 6.45. The highest BCUT2D eigenvalue weighted by atomic mass is 16.1. The highest BCUT2D eigenvalue weighted by molar-refractivity contribution is 6.66. The number of para-hydroxylation sites is 2. The van der Waals surface area contributed by atoms with Crippen molar-refractivity contribution in [3.05, 3.63) is 71.8 Å². The van der Waals surface area contributed by atoms with E-state index in [1.807, 2.05) is 36.4 Å². The first-order chi connectivity index (χ1) is 14.2. The lowest BCUT2D eigenvalue weighted by atomic mass is 9.97. The highest BCUT2D eigenvalue weighted by Crippen LogP contribution is 2.33. The van der Waals surface area contributed by atoms with Crippen LogP contribution in [0.1, 0.15) is 75.6 Å². The van der Waals surface area contributed by atoms with Gasteiger partial charge in [-0.1, -0.05) is 89.4 Å². The molecule has 2 aromatic carbocycles. The fourth-order valence-electron chi connectivity index (χ4n) is 3.38. The van der Waals surface area contributed by atoms with Gasteiger partial charge >= 0.3 is 0 Å². The van der Waals surface area contributed by atoms with E-state index in [0.717, 1.165) is 33.6 Å². The summed E-state index contributed by atoms with van der Waals surface area (Å²) in [6.07, 6.45) is 3.55. The lowest BCUT2D eigenvalue weighted by molar-refractivity contribution is -0.107. The van der Waals surface area contributed by atoms with Gasteiger partial charge in [-0.05, 0) is 47.9 Å². The predicted octanol–water partition coefficient (Wildman–Crippen LogP) is 7.67. The fraction of sp³-hybridized carbons (Fsp3) is 0.296. The van der Waals surface area contributed by atoms with Crippen LogP contribution in [0.5, 0.6) is 0 Å². The number of carbonyl (C=O) groups is 1. The Bertz CT molecular complexity index is 942. The summed E-state index contributed by atoms with van der Waals surface area (Å²) in [5.74, 6) is 0.404. The van der Waals surface area contributed by atoms with Crippen molar-refractivity contribution in [2.75, 3.05) is 0 Å². The van der Waals surface area contributed by atoms with Crippen LogP contribution in [0.3, 0.4) is 0 Å². The fourth-order valence-corrected chi connectivity index (χ4v) is 3.38. The van der Waals surface area contributed by atoms with E-state index in [2.05, 4.69) is 40.9 Å². The summed E-state index contributed by atoms with van der Waals surface area (Å²) in [6.45, 7) is 19.7. The van der Waals surface area contributed by atoms with Crippen molar-refractivity contribution in [2.24, 2.45) is 9.98 Å². The summed E-state index contributed by atoms with van der Waals surface area (Å²) in [6, 6.07) is 12.0. The minimum atomic E-state index is -0.169. The second-order valence-electron chi connectivity index (χ2n) is 8.01. The van der Waals surface area contributed by atoms with Gasteiger partial charge in [0.1, 0.15) is 0 Å². The van der Waals surface area contributed by atoms with Crippen LogP contribution >= 0.6 is 0 Å². The zero-order chi connectivity index (χ0) is 22.4. The number of hydrogen-bond donors (Lipinski definition) is 0. The average molecular weight is 401 g/mol. The van der Waals surface area contributed by atoms with Crippen LogP contribution in [0.25, 0.3) is 12.2 Å². The summed E-state index contributed by atoms with van der Waals surface area (Å²) >= 11 is 0. The summed E-state index contributed by atoms with van der Waals surface area (Å²) in [4.78, 5) is 22.5. The van der Waals surface area contributed by atoms with Gasteiger partial charge in [0.15, 0.2) is 0 Å². The Morgan fingerprint density at radius 3 is 1.43 bits per heavy atom. The predicted molar refractivity (Wildman–Crippen MR) is 132 cm³/mol. The van der Waals surface area contributed by atoms with Gasteiger partial charge in [0.05, 0.1) is 22.8 Å². The number of hydrogen-bond acceptors (Lipinski definition) is 3. The molecule has 0 N–H and O–H groups in total. The maximum Gasteiger partial charge on any atom is 0.220 e. The second-order valence-corrected chi connectivity index (χ2v) is 8.01. The number of carbonyl (C=O) groups excluding carboxylic acids is 1. The molecular weight excluding hydrogens is 368 g/mol. The van der Waals surface area contributed by atoms with Crippen molar-refractivity contribution in [1.29, 1.82) is 0 Å². The molecule has 0 aliphatic carbocycles. The largest absolute Gasteiger partial charge is 0.286 e. The molecule has 0 aromatic heterocycles. The summed E-state index contributed by atoms with van der Waals surface area (Å²) in [7, 11) is 0. The van der Waals surface area contributed by atoms with Crippen LogP contribution in [-0.2, 0) is 4.79 Å². The van der Waals surface area contributed by atoms with Gasteiger partial charge in [0.2, 0.25) is 5.78 Å². The molecule has 0 bridgehead atoms. The Morgan fingerprint density at radius 2 is 1.13 bits per heavy atom. The molecule has 3 heteroatoms. The van der Waals surface area contributed by atoms with E-state index >= 15 is 0 Å². The third-order valence-corrected chi connectivity index (χ3v) is 5.10. The first-order valence-corrected chi connectivity index (χ1v) is 10.4. The Balaban J connectivity index is 2.53. The minimum Gasteiger partial charge on any atom is -0.286 e. The summed E-state index contributed by atoms with van der Waals surface area (Å²) < 4.78 is 0. The molecular formula is C27H32N2O. The van der Waals surface area contributed by atoms with Crippen molar-refractivity contribution >= 4 is 40.7 Å². The number of ketones is 1. The number of nitrogens with zero attached hydrogens (tertiary/aromatic N) is 2. The van der Waals surface area contributed by atoms with Gasteiger partial charge in [-0.3, -0.25) is 4.79 Å². The van der Waals surface area contributed by atoms with E-state index in [1.165, 1.54) is 0 Å². The van der Waals surface area contributed by atoms with E-state index in [4.69, 9.17) is 9.98 Å². The standard InChI is InChI=1S/C27H32N2O/c1-9-21-13-11-15-23(17(3)4)25(21)28-19(7)27(30)20(8)29-26-22(10-2)14-12-16-24(26)18(5)6/h9-18H,1-2H2,3-8H3. The van der Waals surface area contributed by atoms with Crippen molar-refractivity contribution in [2.45, 2.75) is 53.4 Å². The Labute approximate surface area is 181 Å². The molecule has 0 radical (unpaired) electrons. The highest BCUT2D eigenvalue weighted by Gasteiger charge is 2.16. The molecule has 0 fully saturated rings. The molecule has 0 amide bonds. The SMILES string of the molecule is C=Cc1cccc(C(C)C)c1N=C(C)C(=O)C(C)=Nc1c(C=C)cccc1C(C)C. The molecule has 0 saturated carbocycles. The van der Waals surface area contributed by atoms with E-state index in [0.29, 0.717) is 11.4 Å². The smallest absolute Gasteiger partial charge is 0.220 e. The molecule has 0 saturated heterocycles. The molecule has 3 nitrogen and oxygen atoms in total. The molecule has 2 rings (SSSR count). The van der Waals surface area contributed by atoms with Crippen LogP contribution in [0.15, 0.2) is 59.5 Å². The van der Waals surface area contributed by atoms with Crippen molar-refractivity contribution < 1.29 is 4.79 Å². The summed E-state index contributed by atoms with van der Waals surface area (Å²) in [5, 5.41) is 0. The number of Topliss-reactive ketones (excluding diaryl/α,β-unsaturated/α-hetero) is 1. The quantitative estimate of drug-likeness (QED) is 0.419. The molecule has 2 aromatic rings. The molecule has 0 atom stereocenters. The van der Waals surface area contributed by atoms with Gasteiger partial charge in [-0.25, -0.2) is 9.98 Å². The van der Waals surface area contributed by atoms with Gasteiger partial charge in [0.25, 0.3) is 0 Å². The van der Waals surface area contributed by atoms with E-state index in [9.17, 15) is 4.79 Å². The van der Waals surface area contributed by atoms with E-state index < -0.39 is 0 Å². The van der Waals surface area contributed by atoms with Crippen molar-refractivity contribution in [3.8, 4) is 0 Å². The zero-order valence-electron chi connectivity index (χ0n) is 19.0. The van der Waals surface area contributed by atoms with Crippen LogP contribution in [0.2, 0.25) is 0 Å². The Hall–Kier alpha value is -3.07. The Kier molecular flexibility index (Phi) is 7.82. The normalized spacial score (nSPS) is 12.4. The maximum absolute atomic E-state index is 13.1. The van der Waals surface area contributed by atoms with Crippen LogP contribution in [-0.4, -0.2) is 17.2 Å². The van der Waals surface area contributed by atoms with Gasteiger partial charge in [-0.2, -0.15) is 0 Å². The molecule has 0 aliphatic rings. The van der Waals surface area contributed by atoms with Crippen molar-refractivity contribution in [1.82, 2.24) is 0 Å². The lowest BCUT2D eigenvalue weighted by Gasteiger charge is -2.14. The first-order valence-electron chi connectivity index (χ1n) is 10.4. The van der Waals surface area contributed by atoms with Crippen LogP contribution < -0.4 is 0 Å². The molecule has 0 aliphatic heterocycles. The number of benzene rings is 2. The minimum absolute atomic E-state index is 0.169. The van der Waals surface area contributed by atoms with Gasteiger partial charge in [-0.15, -0.1) is 0 Å². The number of rotatable bonds is 8. The van der Waals surface area contributed by atoms with Crippen molar-refractivity contribution in [3.63, 3.8) is 0 Å². The first kappa shape index (κ1) is 23.2. The van der Waals surface area contributed by atoms with Gasteiger partial charge in [0, 0.05) is 0 Å². The molecule has 0 spiro atoms. The third kappa shape index (κ3) is 5.10. The molecule has 156 valence electrons. The average Bonchev–Trinajstić information content (AvgIpc) is 2.72. The topological polar surface area (TPSA) is 41.8 Å². The van der Waals surface area contributed by atoms with Gasteiger partial charge < -0.3 is 0 Å².